The highest BCUT2D eigenvalue weighted by atomic mass is 16.3. The molecule has 3 aromatic rings. The Morgan fingerprint density at radius 1 is 1.07 bits per heavy atom. The molecule has 1 aromatic heterocycles. The van der Waals surface area contributed by atoms with Crippen LogP contribution in [0.1, 0.15) is 34.2 Å². The lowest BCUT2D eigenvalue weighted by atomic mass is 9.98. The van der Waals surface area contributed by atoms with Crippen LogP contribution in [-0.2, 0) is 16.8 Å². The average Bonchev–Trinajstić information content (AvgIpc) is 3.42. The van der Waals surface area contributed by atoms with Gasteiger partial charge in [0.1, 0.15) is 5.76 Å². The van der Waals surface area contributed by atoms with Crippen molar-refractivity contribution in [3.8, 4) is 11.1 Å². The Kier molecular flexibility index (Phi) is 3.71. The number of hydrogen-bond donors (Lipinski definition) is 1. The summed E-state index contributed by atoms with van der Waals surface area (Å²) in [6.45, 7) is 1.25. The van der Waals surface area contributed by atoms with Crippen LogP contribution < -0.4 is 5.32 Å². The van der Waals surface area contributed by atoms with Crippen molar-refractivity contribution in [1.82, 2.24) is 10.2 Å². The summed E-state index contributed by atoms with van der Waals surface area (Å²) in [6.07, 6.45) is 2.28. The van der Waals surface area contributed by atoms with E-state index in [1.165, 1.54) is 17.4 Å². The summed E-state index contributed by atoms with van der Waals surface area (Å²) in [6, 6.07) is 16.3. The molecule has 1 unspecified atom stereocenters. The Bertz CT molecular complexity index is 1170. The van der Waals surface area contributed by atoms with Gasteiger partial charge in [-0.1, -0.05) is 36.4 Å². The molecule has 1 saturated heterocycles. The number of carbonyl (C=O) groups excluding carboxylic acids is 3. The molecule has 1 atom stereocenters. The molecule has 0 spiro atoms. The number of hydrogen-bond acceptors (Lipinski definition) is 4. The number of ketones is 1. The normalized spacial score (nSPS) is 19.8. The van der Waals surface area contributed by atoms with Crippen LogP contribution in [0.15, 0.2) is 65.3 Å². The van der Waals surface area contributed by atoms with Gasteiger partial charge in [0.05, 0.1) is 12.8 Å². The van der Waals surface area contributed by atoms with Crippen molar-refractivity contribution in [3.05, 3.63) is 83.3 Å². The van der Waals surface area contributed by atoms with Crippen LogP contribution in [0.5, 0.6) is 0 Å². The molecule has 6 nitrogen and oxygen atoms in total. The van der Waals surface area contributed by atoms with Crippen molar-refractivity contribution in [2.75, 3.05) is 6.54 Å². The van der Waals surface area contributed by atoms with E-state index >= 15 is 0 Å². The summed E-state index contributed by atoms with van der Waals surface area (Å²) in [4.78, 5) is 39.2. The zero-order chi connectivity index (χ0) is 20.2. The Morgan fingerprint density at radius 2 is 1.86 bits per heavy atom. The van der Waals surface area contributed by atoms with Gasteiger partial charge in [-0.05, 0) is 53.8 Å². The fourth-order valence-corrected chi connectivity index (χ4v) is 4.10. The van der Waals surface area contributed by atoms with Gasteiger partial charge in [0.15, 0.2) is 11.3 Å². The van der Waals surface area contributed by atoms with Gasteiger partial charge in [0, 0.05) is 5.56 Å². The number of nitrogens with one attached hydrogen (secondary N) is 1. The van der Waals surface area contributed by atoms with Gasteiger partial charge >= 0.3 is 6.03 Å². The number of nitrogens with zero attached hydrogens (tertiary/aromatic N) is 1. The predicted octanol–water partition coefficient (Wildman–Crippen LogP) is 3.50. The van der Waals surface area contributed by atoms with E-state index in [0.29, 0.717) is 11.3 Å². The molecule has 1 fully saturated rings. The predicted molar refractivity (Wildman–Crippen MR) is 105 cm³/mol. The van der Waals surface area contributed by atoms with Gasteiger partial charge in [-0.3, -0.25) is 14.5 Å². The Balaban J connectivity index is 1.41. The first-order chi connectivity index (χ1) is 14.0. The number of benzene rings is 2. The molecule has 5 rings (SSSR count). The lowest BCUT2D eigenvalue weighted by Gasteiger charge is -2.18. The lowest BCUT2D eigenvalue weighted by Crippen LogP contribution is -2.41. The third kappa shape index (κ3) is 2.60. The van der Waals surface area contributed by atoms with Crippen molar-refractivity contribution in [2.24, 2.45) is 0 Å². The quantitative estimate of drug-likeness (QED) is 0.430. The minimum atomic E-state index is -1.31. The summed E-state index contributed by atoms with van der Waals surface area (Å²) in [5.41, 5.74) is 3.73. The van der Waals surface area contributed by atoms with Gasteiger partial charge in [-0.15, -0.1) is 0 Å². The second-order valence-corrected chi connectivity index (χ2v) is 7.55. The van der Waals surface area contributed by atoms with Crippen molar-refractivity contribution >= 4 is 17.7 Å². The highest BCUT2D eigenvalue weighted by Crippen LogP contribution is 2.37. The molecule has 29 heavy (non-hydrogen) atoms. The average molecular weight is 386 g/mol. The van der Waals surface area contributed by atoms with Crippen molar-refractivity contribution in [3.63, 3.8) is 0 Å². The Labute approximate surface area is 167 Å². The van der Waals surface area contributed by atoms with Gasteiger partial charge in [-0.25, -0.2) is 4.79 Å². The molecule has 2 aliphatic rings. The SMILES string of the molecule is CC1(c2ccco2)NC(=O)N(CC(=O)c2ccc3c(c2)-c2ccccc2C3)C1=O. The van der Waals surface area contributed by atoms with Crippen LogP contribution in [0.2, 0.25) is 0 Å². The molecule has 0 saturated carbocycles. The summed E-state index contributed by atoms with van der Waals surface area (Å²) < 4.78 is 5.31. The maximum Gasteiger partial charge on any atom is 0.325 e. The highest BCUT2D eigenvalue weighted by Gasteiger charge is 2.51. The molecular weight excluding hydrogens is 368 g/mol. The Hall–Kier alpha value is -3.67. The van der Waals surface area contributed by atoms with E-state index in [9.17, 15) is 14.4 Å². The van der Waals surface area contributed by atoms with Crippen LogP contribution in [0.3, 0.4) is 0 Å². The summed E-state index contributed by atoms with van der Waals surface area (Å²) in [7, 11) is 0. The van der Waals surface area contributed by atoms with Crippen molar-refractivity contribution < 1.29 is 18.8 Å². The number of Topliss-reactive ketones (excluding diaryl/α,β-unsaturated/α-hetero) is 1. The summed E-state index contributed by atoms with van der Waals surface area (Å²) in [5, 5.41) is 2.64. The van der Waals surface area contributed by atoms with Crippen LogP contribution in [0.4, 0.5) is 4.79 Å². The number of rotatable bonds is 4. The van der Waals surface area contributed by atoms with Gasteiger partial charge in [-0.2, -0.15) is 0 Å². The van der Waals surface area contributed by atoms with Gasteiger partial charge in [0.25, 0.3) is 5.91 Å². The van der Waals surface area contributed by atoms with E-state index in [1.807, 2.05) is 30.3 Å². The second-order valence-electron chi connectivity index (χ2n) is 7.55. The van der Waals surface area contributed by atoms with Gasteiger partial charge < -0.3 is 9.73 Å². The van der Waals surface area contributed by atoms with Crippen LogP contribution in [0, 0.1) is 0 Å². The van der Waals surface area contributed by atoms with Crippen LogP contribution >= 0.6 is 0 Å². The molecule has 2 heterocycles. The molecule has 3 amide bonds. The standard InChI is InChI=1S/C23H18N2O4/c1-23(20-7-4-10-29-20)21(27)25(22(28)24-23)13-19(26)16-9-8-15-11-14-5-2-3-6-17(14)18(15)12-16/h2-10,12H,11,13H2,1H3,(H,24,28). The number of fused-ring (bicyclic) bond motifs is 3. The number of amides is 3. The first-order valence-electron chi connectivity index (χ1n) is 9.40. The van der Waals surface area contributed by atoms with E-state index in [2.05, 4.69) is 11.4 Å². The summed E-state index contributed by atoms with van der Waals surface area (Å²) >= 11 is 0. The zero-order valence-electron chi connectivity index (χ0n) is 15.8. The van der Waals surface area contributed by atoms with E-state index in [0.717, 1.165) is 22.4 Å². The molecule has 6 heteroatoms. The first-order valence-corrected chi connectivity index (χ1v) is 9.40. The minimum Gasteiger partial charge on any atom is -0.466 e. The number of imide groups is 1. The number of urea groups is 1. The highest BCUT2D eigenvalue weighted by molar-refractivity contribution is 6.11. The molecular formula is C23H18N2O4. The topological polar surface area (TPSA) is 79.6 Å². The number of furan rings is 1. The Morgan fingerprint density at radius 3 is 2.66 bits per heavy atom. The molecule has 0 bridgehead atoms. The first kappa shape index (κ1) is 17.4. The molecule has 1 aliphatic heterocycles. The molecule has 1 N–H and O–H groups in total. The number of carbonyl (C=O) groups is 3. The van der Waals surface area contributed by atoms with E-state index in [4.69, 9.17) is 4.42 Å². The van der Waals surface area contributed by atoms with Crippen LogP contribution in [0.25, 0.3) is 11.1 Å². The zero-order valence-corrected chi connectivity index (χ0v) is 15.8. The monoisotopic (exact) mass is 386 g/mol. The molecule has 1 aliphatic carbocycles. The third-order valence-electron chi connectivity index (χ3n) is 5.71. The molecule has 2 aromatic carbocycles. The molecule has 144 valence electrons. The molecule has 0 radical (unpaired) electrons. The van der Waals surface area contributed by atoms with E-state index < -0.39 is 17.5 Å². The lowest BCUT2D eigenvalue weighted by molar-refractivity contribution is -0.131. The van der Waals surface area contributed by atoms with E-state index in [1.54, 1.807) is 25.1 Å². The summed E-state index contributed by atoms with van der Waals surface area (Å²) in [5.74, 6) is -0.457. The maximum absolute atomic E-state index is 12.9. The van der Waals surface area contributed by atoms with Crippen molar-refractivity contribution in [2.45, 2.75) is 18.9 Å². The largest absolute Gasteiger partial charge is 0.466 e. The fraction of sp³-hybridized carbons (Fsp3) is 0.174. The smallest absolute Gasteiger partial charge is 0.325 e. The van der Waals surface area contributed by atoms with Crippen molar-refractivity contribution in [1.29, 1.82) is 0 Å². The fourth-order valence-electron chi connectivity index (χ4n) is 4.10. The van der Waals surface area contributed by atoms with Crippen LogP contribution in [-0.4, -0.2) is 29.2 Å². The van der Waals surface area contributed by atoms with Gasteiger partial charge in [0.2, 0.25) is 0 Å². The second kappa shape index (κ2) is 6.17. The minimum absolute atomic E-state index is 0.288. The maximum atomic E-state index is 12.9. The third-order valence-corrected chi connectivity index (χ3v) is 5.71. The van der Waals surface area contributed by atoms with E-state index in [-0.39, 0.29) is 12.3 Å².